The largest absolute Gasteiger partial charge is 0.477 e. The summed E-state index contributed by atoms with van der Waals surface area (Å²) in [6, 6.07) is 3.94. The molecule has 21 heavy (non-hydrogen) atoms. The summed E-state index contributed by atoms with van der Waals surface area (Å²) in [5.41, 5.74) is -0.803. The summed E-state index contributed by atoms with van der Waals surface area (Å²) in [4.78, 5) is 21.3. The first-order valence-electron chi connectivity index (χ1n) is 6.88. The van der Waals surface area contributed by atoms with Gasteiger partial charge in [-0.25, -0.2) is 4.79 Å². The number of anilines is 1. The summed E-state index contributed by atoms with van der Waals surface area (Å²) in [5.74, 6) is -1.33. The minimum atomic E-state index is -1.33. The number of aromatic carboxylic acids is 1. The molecule has 0 saturated heterocycles. The maximum atomic E-state index is 11.0. The highest BCUT2D eigenvalue weighted by atomic mass is 16.6. The number of benzene rings is 1. The molecular weight excluding hydrogens is 276 g/mol. The summed E-state index contributed by atoms with van der Waals surface area (Å²) in [5, 5.41) is 32.7. The minimum Gasteiger partial charge on any atom is -0.477 e. The van der Waals surface area contributed by atoms with E-state index in [4.69, 9.17) is 5.11 Å². The van der Waals surface area contributed by atoms with E-state index in [0.717, 1.165) is 32.1 Å². The zero-order chi connectivity index (χ0) is 15.5. The van der Waals surface area contributed by atoms with E-state index < -0.39 is 22.1 Å². The molecule has 1 saturated carbocycles. The lowest BCUT2D eigenvalue weighted by atomic mass is 9.82. The van der Waals surface area contributed by atoms with Gasteiger partial charge in [-0.05, 0) is 25.0 Å². The second kappa shape index (κ2) is 6.09. The summed E-state index contributed by atoms with van der Waals surface area (Å²) in [7, 11) is 0. The molecule has 1 fully saturated rings. The van der Waals surface area contributed by atoms with Crippen molar-refractivity contribution >= 4 is 17.3 Å². The van der Waals surface area contributed by atoms with Crippen molar-refractivity contribution in [3.8, 4) is 0 Å². The standard InChI is InChI=1S/C14H18N2O5/c17-9-14(6-2-1-3-7-14)15-10-4-5-11(13(18)19)12(8-10)16(20)21/h4-5,8,15,17H,1-3,6-7,9H2,(H,18,19). The summed E-state index contributed by atoms with van der Waals surface area (Å²) < 4.78 is 0. The van der Waals surface area contributed by atoms with E-state index in [-0.39, 0.29) is 12.2 Å². The Morgan fingerprint density at radius 3 is 2.52 bits per heavy atom. The number of nitro groups is 1. The van der Waals surface area contributed by atoms with Gasteiger partial charge in [-0.1, -0.05) is 19.3 Å². The van der Waals surface area contributed by atoms with Gasteiger partial charge in [0.1, 0.15) is 5.56 Å². The Bertz CT molecular complexity index is 552. The molecule has 1 aromatic carbocycles. The van der Waals surface area contributed by atoms with Crippen LogP contribution in [0.25, 0.3) is 0 Å². The lowest BCUT2D eigenvalue weighted by Gasteiger charge is -2.37. The zero-order valence-electron chi connectivity index (χ0n) is 11.5. The third-order valence-corrected chi connectivity index (χ3v) is 3.95. The highest BCUT2D eigenvalue weighted by Gasteiger charge is 2.32. The number of aliphatic hydroxyl groups is 1. The van der Waals surface area contributed by atoms with Crippen LogP contribution in [0.5, 0.6) is 0 Å². The summed E-state index contributed by atoms with van der Waals surface area (Å²) in [6.45, 7) is -0.0541. The summed E-state index contributed by atoms with van der Waals surface area (Å²) in [6.07, 6.45) is 4.67. The van der Waals surface area contributed by atoms with Crippen LogP contribution in [0.4, 0.5) is 11.4 Å². The number of nitrogens with zero attached hydrogens (tertiary/aromatic N) is 1. The van der Waals surface area contributed by atoms with Crippen LogP contribution in [0.15, 0.2) is 18.2 Å². The van der Waals surface area contributed by atoms with Gasteiger partial charge >= 0.3 is 5.97 Å². The van der Waals surface area contributed by atoms with Gasteiger partial charge in [0.05, 0.1) is 17.1 Å². The van der Waals surface area contributed by atoms with Crippen LogP contribution in [-0.2, 0) is 0 Å². The Balaban J connectivity index is 2.30. The number of rotatable bonds is 5. The van der Waals surface area contributed by atoms with Crippen molar-refractivity contribution in [1.82, 2.24) is 0 Å². The third-order valence-electron chi connectivity index (χ3n) is 3.95. The lowest BCUT2D eigenvalue weighted by molar-refractivity contribution is -0.385. The molecule has 0 aromatic heterocycles. The number of nitro benzene ring substituents is 1. The number of nitrogens with one attached hydrogen (secondary N) is 1. The monoisotopic (exact) mass is 294 g/mol. The molecule has 0 unspecified atom stereocenters. The zero-order valence-corrected chi connectivity index (χ0v) is 11.5. The SMILES string of the molecule is O=C(O)c1ccc(NC2(CO)CCCCC2)cc1[N+](=O)[O-]. The molecular formula is C14H18N2O5. The maximum Gasteiger partial charge on any atom is 0.342 e. The molecule has 0 radical (unpaired) electrons. The second-order valence-corrected chi connectivity index (χ2v) is 5.42. The predicted molar refractivity (Wildman–Crippen MR) is 76.6 cm³/mol. The fourth-order valence-corrected chi connectivity index (χ4v) is 2.80. The molecule has 0 spiro atoms. The second-order valence-electron chi connectivity index (χ2n) is 5.42. The summed E-state index contributed by atoms with van der Waals surface area (Å²) >= 11 is 0. The molecule has 0 amide bonds. The van der Waals surface area contributed by atoms with Crippen LogP contribution in [0.2, 0.25) is 0 Å². The quantitative estimate of drug-likeness (QED) is 0.567. The van der Waals surface area contributed by atoms with Gasteiger partial charge in [0, 0.05) is 11.8 Å². The van der Waals surface area contributed by atoms with E-state index in [0.29, 0.717) is 5.69 Å². The molecule has 7 nitrogen and oxygen atoms in total. The molecule has 1 aromatic rings. The first kappa shape index (κ1) is 15.2. The minimum absolute atomic E-state index is 0.0541. The molecule has 2 rings (SSSR count). The van der Waals surface area contributed by atoms with Crippen molar-refractivity contribution in [1.29, 1.82) is 0 Å². The highest BCUT2D eigenvalue weighted by molar-refractivity contribution is 5.93. The normalized spacial score (nSPS) is 17.2. The van der Waals surface area contributed by atoms with E-state index >= 15 is 0 Å². The van der Waals surface area contributed by atoms with Crippen molar-refractivity contribution < 1.29 is 19.9 Å². The number of carbonyl (C=O) groups is 1. The average molecular weight is 294 g/mol. The van der Waals surface area contributed by atoms with Crippen LogP contribution in [0.1, 0.15) is 42.5 Å². The molecule has 0 heterocycles. The predicted octanol–water partition coefficient (Wildman–Crippen LogP) is 2.40. The van der Waals surface area contributed by atoms with E-state index in [2.05, 4.69) is 5.32 Å². The van der Waals surface area contributed by atoms with Gasteiger partial charge in [-0.15, -0.1) is 0 Å². The number of aliphatic hydroxyl groups excluding tert-OH is 1. The van der Waals surface area contributed by atoms with Crippen molar-refractivity contribution in [3.63, 3.8) is 0 Å². The van der Waals surface area contributed by atoms with Gasteiger partial charge in [-0.2, -0.15) is 0 Å². The first-order valence-corrected chi connectivity index (χ1v) is 6.88. The molecule has 7 heteroatoms. The smallest absolute Gasteiger partial charge is 0.342 e. The van der Waals surface area contributed by atoms with Gasteiger partial charge in [0.2, 0.25) is 0 Å². The lowest BCUT2D eigenvalue weighted by Crippen LogP contribution is -2.43. The van der Waals surface area contributed by atoms with E-state index in [9.17, 15) is 20.0 Å². The van der Waals surface area contributed by atoms with Gasteiger partial charge in [-0.3, -0.25) is 10.1 Å². The van der Waals surface area contributed by atoms with Crippen LogP contribution >= 0.6 is 0 Å². The van der Waals surface area contributed by atoms with Crippen LogP contribution < -0.4 is 5.32 Å². The Labute approximate surface area is 121 Å². The first-order chi connectivity index (χ1) is 9.97. The van der Waals surface area contributed by atoms with Gasteiger partial charge in [0.15, 0.2) is 0 Å². The van der Waals surface area contributed by atoms with E-state index in [1.54, 1.807) is 0 Å². The van der Waals surface area contributed by atoms with Crippen molar-refractivity contribution in [2.75, 3.05) is 11.9 Å². The van der Waals surface area contributed by atoms with E-state index in [1.807, 2.05) is 0 Å². The topological polar surface area (TPSA) is 113 Å². The molecule has 0 aliphatic heterocycles. The fraction of sp³-hybridized carbons (Fsp3) is 0.500. The Hall–Kier alpha value is -2.15. The van der Waals surface area contributed by atoms with Crippen molar-refractivity contribution in [2.45, 2.75) is 37.6 Å². The number of carboxylic acid groups (broad SMARTS) is 1. The average Bonchev–Trinajstić information content (AvgIpc) is 2.47. The third kappa shape index (κ3) is 3.30. The Morgan fingerprint density at radius 2 is 2.00 bits per heavy atom. The maximum absolute atomic E-state index is 11.0. The number of carboxylic acids is 1. The molecule has 0 bridgehead atoms. The van der Waals surface area contributed by atoms with Crippen LogP contribution in [-0.4, -0.2) is 33.3 Å². The fourth-order valence-electron chi connectivity index (χ4n) is 2.80. The molecule has 114 valence electrons. The van der Waals surface area contributed by atoms with Crippen LogP contribution in [0.3, 0.4) is 0 Å². The molecule has 1 aliphatic rings. The van der Waals surface area contributed by atoms with Crippen molar-refractivity contribution in [2.24, 2.45) is 0 Å². The van der Waals surface area contributed by atoms with Gasteiger partial charge < -0.3 is 15.5 Å². The molecule has 3 N–H and O–H groups in total. The number of hydrogen-bond donors (Lipinski definition) is 3. The Morgan fingerprint density at radius 1 is 1.33 bits per heavy atom. The number of hydrogen-bond acceptors (Lipinski definition) is 5. The van der Waals surface area contributed by atoms with E-state index in [1.165, 1.54) is 18.2 Å². The van der Waals surface area contributed by atoms with Crippen LogP contribution in [0, 0.1) is 10.1 Å². The molecule has 1 aliphatic carbocycles. The van der Waals surface area contributed by atoms with Crippen molar-refractivity contribution in [3.05, 3.63) is 33.9 Å². The highest BCUT2D eigenvalue weighted by Crippen LogP contribution is 2.33. The van der Waals surface area contributed by atoms with Gasteiger partial charge in [0.25, 0.3) is 5.69 Å². The molecule has 0 atom stereocenters. The Kier molecular flexibility index (Phi) is 4.42.